The SMILES string of the molecule is O=c1oc2ccccc2cc1-c1c(-c2cc(=O)c3ccccc3o2)c(-c2cc3ccccc3o2)c2c(c(-c3cnc4ccccc4n3)nn2-c2ccn3ccccc23)c1-c1cc2ccccc2nn1. The molecule has 0 N–H and O–H groups in total. The molecule has 8 aromatic heterocycles. The molecule has 0 aliphatic rings. The Bertz CT molecular complexity index is 4550. The minimum atomic E-state index is -0.638. The summed E-state index contributed by atoms with van der Waals surface area (Å²) in [7, 11) is 0. The number of rotatable bonds is 6. The topological polar surface area (TPSA) is 147 Å². The van der Waals surface area contributed by atoms with Gasteiger partial charge < -0.3 is 17.7 Å². The maximum absolute atomic E-state index is 15.1. The molecule has 0 radical (unpaired) electrons. The van der Waals surface area contributed by atoms with Gasteiger partial charge in [0, 0.05) is 56.7 Å². The van der Waals surface area contributed by atoms with Crippen molar-refractivity contribution in [3.8, 4) is 62.1 Å². The van der Waals surface area contributed by atoms with Gasteiger partial charge in [-0.2, -0.15) is 5.10 Å². The lowest BCUT2D eigenvalue weighted by molar-refractivity contribution is 0.563. The Kier molecular flexibility index (Phi) is 8.28. The van der Waals surface area contributed by atoms with Crippen LogP contribution in [0.4, 0.5) is 0 Å². The Morgan fingerprint density at radius 3 is 2.01 bits per heavy atom. The third-order valence-corrected chi connectivity index (χ3v) is 12.8. The van der Waals surface area contributed by atoms with Gasteiger partial charge in [-0.1, -0.05) is 84.9 Å². The second kappa shape index (κ2) is 14.9. The van der Waals surface area contributed by atoms with Crippen LogP contribution in [0.5, 0.6) is 0 Å². The highest BCUT2D eigenvalue weighted by Crippen LogP contribution is 2.54. The van der Waals surface area contributed by atoms with Crippen LogP contribution >= 0.6 is 0 Å². The summed E-state index contributed by atoms with van der Waals surface area (Å²) in [6, 6.07) is 52.7. The van der Waals surface area contributed by atoms with E-state index in [1.165, 1.54) is 6.07 Å². The Morgan fingerprint density at radius 1 is 0.493 bits per heavy atom. The Morgan fingerprint density at radius 2 is 1.17 bits per heavy atom. The number of hydrogen-bond donors (Lipinski definition) is 0. The molecule has 0 fully saturated rings. The van der Waals surface area contributed by atoms with Gasteiger partial charge in [0.1, 0.15) is 39.7 Å². The lowest BCUT2D eigenvalue weighted by Crippen LogP contribution is -2.09. The summed E-state index contributed by atoms with van der Waals surface area (Å²) >= 11 is 0. The molecule has 0 saturated heterocycles. The molecule has 12 heteroatoms. The average molecular weight is 894 g/mol. The number of hydrogen-bond acceptors (Lipinski definition) is 10. The van der Waals surface area contributed by atoms with Crippen molar-refractivity contribution in [3.05, 3.63) is 209 Å². The Labute approximate surface area is 388 Å². The Hall–Kier alpha value is -9.81. The summed E-state index contributed by atoms with van der Waals surface area (Å²) in [6.07, 6.45) is 5.66. The monoisotopic (exact) mass is 893 g/mol. The minimum absolute atomic E-state index is 0.162. The molecule has 0 atom stereocenters. The summed E-state index contributed by atoms with van der Waals surface area (Å²) in [4.78, 5) is 39.7. The molecule has 8 heterocycles. The molecule has 14 aromatic rings. The van der Waals surface area contributed by atoms with Crippen LogP contribution in [-0.4, -0.2) is 34.3 Å². The van der Waals surface area contributed by atoms with E-state index in [0.29, 0.717) is 100 Å². The van der Waals surface area contributed by atoms with Gasteiger partial charge in [0.2, 0.25) is 0 Å². The van der Waals surface area contributed by atoms with Gasteiger partial charge in [-0.05, 0) is 78.9 Å². The third kappa shape index (κ3) is 5.99. The molecule has 14 rings (SSSR count). The van der Waals surface area contributed by atoms with Crippen LogP contribution in [0.15, 0.2) is 211 Å². The van der Waals surface area contributed by atoms with E-state index in [-0.39, 0.29) is 16.8 Å². The summed E-state index contributed by atoms with van der Waals surface area (Å²) in [5, 5.41) is 18.5. The van der Waals surface area contributed by atoms with Crippen molar-refractivity contribution in [2.45, 2.75) is 0 Å². The zero-order valence-corrected chi connectivity index (χ0v) is 36.1. The Balaban J connectivity index is 1.30. The lowest BCUT2D eigenvalue weighted by Gasteiger charge is -2.21. The number of nitrogens with zero attached hydrogens (tertiary/aromatic N) is 7. The zero-order chi connectivity index (χ0) is 45.7. The van der Waals surface area contributed by atoms with E-state index >= 15 is 4.79 Å². The molecule has 0 amide bonds. The van der Waals surface area contributed by atoms with Crippen LogP contribution in [-0.2, 0) is 0 Å². The molecule has 6 aromatic carbocycles. The smallest absolute Gasteiger partial charge is 0.344 e. The van der Waals surface area contributed by atoms with Crippen molar-refractivity contribution in [1.29, 1.82) is 0 Å². The molecule has 0 bridgehead atoms. The highest BCUT2D eigenvalue weighted by molar-refractivity contribution is 6.21. The largest absolute Gasteiger partial charge is 0.456 e. The first-order valence-corrected chi connectivity index (χ1v) is 22.2. The van der Waals surface area contributed by atoms with E-state index in [0.717, 1.165) is 22.0 Å². The summed E-state index contributed by atoms with van der Waals surface area (Å²) in [5.74, 6) is 0.575. The van der Waals surface area contributed by atoms with Crippen molar-refractivity contribution >= 4 is 71.3 Å². The molecule has 69 heavy (non-hydrogen) atoms. The minimum Gasteiger partial charge on any atom is -0.456 e. The van der Waals surface area contributed by atoms with Crippen LogP contribution in [0.3, 0.4) is 0 Å². The quantitative estimate of drug-likeness (QED) is 0.148. The van der Waals surface area contributed by atoms with E-state index in [9.17, 15) is 4.79 Å². The number of aromatic nitrogens is 7. The fourth-order valence-corrected chi connectivity index (χ4v) is 9.71. The number of para-hydroxylation sites is 5. The first kappa shape index (κ1) is 38.5. The number of fused-ring (bicyclic) bond motifs is 7. The molecule has 0 spiro atoms. The van der Waals surface area contributed by atoms with E-state index < -0.39 is 5.63 Å². The van der Waals surface area contributed by atoms with Crippen molar-refractivity contribution in [3.63, 3.8) is 0 Å². The molecular weight excluding hydrogens is 863 g/mol. The molecule has 12 nitrogen and oxygen atoms in total. The van der Waals surface area contributed by atoms with Crippen LogP contribution in [0.2, 0.25) is 0 Å². The van der Waals surface area contributed by atoms with Crippen LogP contribution in [0.25, 0.3) is 133 Å². The predicted molar refractivity (Wildman–Crippen MR) is 267 cm³/mol. The molecule has 0 aliphatic heterocycles. The average Bonchev–Trinajstić information content (AvgIpc) is 4.13. The van der Waals surface area contributed by atoms with E-state index in [2.05, 4.69) is 0 Å². The van der Waals surface area contributed by atoms with E-state index in [1.807, 2.05) is 161 Å². The van der Waals surface area contributed by atoms with Crippen molar-refractivity contribution in [1.82, 2.24) is 34.3 Å². The fraction of sp³-hybridized carbons (Fsp3) is 0. The van der Waals surface area contributed by atoms with Crippen LogP contribution in [0.1, 0.15) is 0 Å². The maximum atomic E-state index is 15.1. The molecule has 324 valence electrons. The van der Waals surface area contributed by atoms with Gasteiger partial charge in [0.15, 0.2) is 5.43 Å². The number of benzene rings is 6. The van der Waals surface area contributed by atoms with Gasteiger partial charge in [-0.25, -0.2) is 14.5 Å². The van der Waals surface area contributed by atoms with Crippen LogP contribution in [0, 0.1) is 0 Å². The predicted octanol–water partition coefficient (Wildman–Crippen LogP) is 12.5. The summed E-state index contributed by atoms with van der Waals surface area (Å²) < 4.78 is 24.0. The molecule has 0 saturated carbocycles. The van der Waals surface area contributed by atoms with Gasteiger partial charge in [0.25, 0.3) is 0 Å². The normalized spacial score (nSPS) is 11.9. The molecule has 0 aliphatic carbocycles. The third-order valence-electron chi connectivity index (χ3n) is 12.8. The molecule has 0 unspecified atom stereocenters. The summed E-state index contributed by atoms with van der Waals surface area (Å²) in [6.45, 7) is 0. The lowest BCUT2D eigenvalue weighted by atomic mass is 9.83. The van der Waals surface area contributed by atoms with Gasteiger partial charge in [0.05, 0.1) is 61.7 Å². The van der Waals surface area contributed by atoms with Crippen molar-refractivity contribution in [2.24, 2.45) is 0 Å². The number of furan rings is 1. The van der Waals surface area contributed by atoms with Gasteiger partial charge >= 0.3 is 5.63 Å². The second-order valence-electron chi connectivity index (χ2n) is 16.8. The number of pyridine rings is 1. The van der Waals surface area contributed by atoms with Crippen molar-refractivity contribution in [2.75, 3.05) is 0 Å². The zero-order valence-electron chi connectivity index (χ0n) is 36.1. The highest BCUT2D eigenvalue weighted by atomic mass is 16.4. The van der Waals surface area contributed by atoms with Crippen LogP contribution < -0.4 is 11.1 Å². The van der Waals surface area contributed by atoms with Gasteiger partial charge in [-0.15, -0.1) is 10.2 Å². The maximum Gasteiger partial charge on any atom is 0.344 e. The highest BCUT2D eigenvalue weighted by Gasteiger charge is 2.35. The van der Waals surface area contributed by atoms with E-state index in [1.54, 1.807) is 30.5 Å². The van der Waals surface area contributed by atoms with Gasteiger partial charge in [-0.3, -0.25) is 9.78 Å². The fourth-order valence-electron chi connectivity index (χ4n) is 9.71. The molecular formula is C57H31N7O5. The van der Waals surface area contributed by atoms with Crippen molar-refractivity contribution < 1.29 is 13.3 Å². The standard InChI is InChI=1S/C57H31N7O5/c65-44-30-49(68-47-23-10-4-16-35(44)47)52-50(36-27-33-14-2-9-22-46(33)69-57(36)66)51(40-28-32-13-1-5-17-37(32)60-61-40)54-55(41-31-58-38-18-6-7-19-39(38)59-41)62-64(43-24-26-63-25-12-11-20-42(43)63)56(54)53(52)48-29-34-15-3-8-21-45(34)67-48/h1-31H. The van der Waals surface area contributed by atoms with E-state index in [4.69, 9.17) is 38.5 Å². The first-order chi connectivity index (χ1) is 34.0. The first-order valence-electron chi connectivity index (χ1n) is 22.2. The second-order valence-corrected chi connectivity index (χ2v) is 16.8. The summed E-state index contributed by atoms with van der Waals surface area (Å²) in [5.41, 5.74) is 7.65.